The highest BCUT2D eigenvalue weighted by Gasteiger charge is 2.04. The lowest BCUT2D eigenvalue weighted by atomic mass is 10.2. The molecule has 0 aliphatic rings. The molecule has 6 heteroatoms. The minimum Gasteiger partial charge on any atom is -0.481 e. The standard InChI is InChI=1S/C13H15N5O/c1-18-13(19-2)6-12(17-18)14-7-9-3-4-10-11(5-9)16-8-15-10/h3-6,8H,7H2,1-2H3,(H,14,17)(H,15,16). The molecule has 2 heterocycles. The second-order valence-corrected chi connectivity index (χ2v) is 4.30. The zero-order valence-electron chi connectivity index (χ0n) is 10.8. The van der Waals surface area contributed by atoms with Gasteiger partial charge < -0.3 is 15.0 Å². The highest BCUT2D eigenvalue weighted by Crippen LogP contribution is 2.17. The Morgan fingerprint density at radius 2 is 2.26 bits per heavy atom. The number of ether oxygens (including phenoxy) is 1. The summed E-state index contributed by atoms with van der Waals surface area (Å²) in [5, 5.41) is 7.58. The lowest BCUT2D eigenvalue weighted by molar-refractivity contribution is 0.373. The van der Waals surface area contributed by atoms with Gasteiger partial charge in [0.25, 0.3) is 0 Å². The predicted molar refractivity (Wildman–Crippen MR) is 73.2 cm³/mol. The molecule has 0 amide bonds. The van der Waals surface area contributed by atoms with E-state index in [1.165, 1.54) is 5.56 Å². The van der Waals surface area contributed by atoms with Crippen LogP contribution >= 0.6 is 0 Å². The molecule has 0 saturated carbocycles. The Bertz CT molecular complexity index is 700. The summed E-state index contributed by atoms with van der Waals surface area (Å²) in [6, 6.07) is 8.00. The first-order valence-corrected chi connectivity index (χ1v) is 6.00. The summed E-state index contributed by atoms with van der Waals surface area (Å²) < 4.78 is 6.87. The van der Waals surface area contributed by atoms with Crippen LogP contribution in [0, 0.1) is 0 Å². The van der Waals surface area contributed by atoms with Gasteiger partial charge in [0.2, 0.25) is 5.88 Å². The van der Waals surface area contributed by atoms with E-state index in [0.29, 0.717) is 6.54 Å². The Balaban J connectivity index is 1.73. The number of nitrogens with zero attached hydrogens (tertiary/aromatic N) is 3. The molecule has 0 unspecified atom stereocenters. The summed E-state index contributed by atoms with van der Waals surface area (Å²) in [6.45, 7) is 0.703. The van der Waals surface area contributed by atoms with Crippen molar-refractivity contribution in [2.75, 3.05) is 12.4 Å². The molecule has 0 aliphatic carbocycles. The minimum absolute atomic E-state index is 0.703. The molecular weight excluding hydrogens is 242 g/mol. The number of rotatable bonds is 4. The Morgan fingerprint density at radius 1 is 1.37 bits per heavy atom. The third kappa shape index (κ3) is 2.24. The number of H-pyrrole nitrogens is 1. The number of imidazole rings is 1. The van der Waals surface area contributed by atoms with Crippen LogP contribution in [0.5, 0.6) is 5.88 Å². The van der Waals surface area contributed by atoms with Gasteiger partial charge in [-0.25, -0.2) is 9.67 Å². The van der Waals surface area contributed by atoms with Crippen molar-refractivity contribution in [1.82, 2.24) is 19.7 Å². The van der Waals surface area contributed by atoms with E-state index in [9.17, 15) is 0 Å². The maximum atomic E-state index is 5.17. The average molecular weight is 257 g/mol. The fourth-order valence-electron chi connectivity index (χ4n) is 2.01. The smallest absolute Gasteiger partial charge is 0.213 e. The molecule has 0 aliphatic heterocycles. The van der Waals surface area contributed by atoms with Crippen molar-refractivity contribution in [3.05, 3.63) is 36.2 Å². The summed E-state index contributed by atoms with van der Waals surface area (Å²) in [6.07, 6.45) is 1.70. The number of hydrogen-bond donors (Lipinski definition) is 2. The number of fused-ring (bicyclic) bond motifs is 1. The molecule has 0 bridgehead atoms. The van der Waals surface area contributed by atoms with Crippen molar-refractivity contribution in [2.24, 2.45) is 7.05 Å². The van der Waals surface area contributed by atoms with Crippen LogP contribution in [0.1, 0.15) is 5.56 Å². The summed E-state index contributed by atoms with van der Waals surface area (Å²) >= 11 is 0. The highest BCUT2D eigenvalue weighted by atomic mass is 16.5. The summed E-state index contributed by atoms with van der Waals surface area (Å²) in [5.41, 5.74) is 3.18. The van der Waals surface area contributed by atoms with Gasteiger partial charge in [-0.15, -0.1) is 0 Å². The summed E-state index contributed by atoms with van der Waals surface area (Å²) in [4.78, 5) is 7.30. The van der Waals surface area contributed by atoms with Gasteiger partial charge in [0, 0.05) is 19.7 Å². The van der Waals surface area contributed by atoms with Gasteiger partial charge in [0.15, 0.2) is 5.82 Å². The number of benzene rings is 1. The van der Waals surface area contributed by atoms with E-state index in [1.807, 2.05) is 19.2 Å². The molecule has 0 radical (unpaired) electrons. The van der Waals surface area contributed by atoms with E-state index in [4.69, 9.17) is 4.74 Å². The SMILES string of the molecule is COc1cc(NCc2ccc3nc[nH]c3c2)nn1C. The monoisotopic (exact) mass is 257 g/mol. The first kappa shape index (κ1) is 11.6. The van der Waals surface area contributed by atoms with Crippen molar-refractivity contribution in [3.63, 3.8) is 0 Å². The zero-order valence-corrected chi connectivity index (χ0v) is 10.8. The molecule has 3 aromatic rings. The molecule has 0 spiro atoms. The largest absolute Gasteiger partial charge is 0.481 e. The second-order valence-electron chi connectivity index (χ2n) is 4.30. The first-order chi connectivity index (χ1) is 9.26. The van der Waals surface area contributed by atoms with Crippen LogP contribution < -0.4 is 10.1 Å². The van der Waals surface area contributed by atoms with Crippen LogP contribution in [-0.4, -0.2) is 26.9 Å². The number of aromatic nitrogens is 4. The van der Waals surface area contributed by atoms with E-state index in [-0.39, 0.29) is 0 Å². The van der Waals surface area contributed by atoms with Gasteiger partial charge >= 0.3 is 0 Å². The second kappa shape index (κ2) is 4.64. The lowest BCUT2D eigenvalue weighted by Crippen LogP contribution is -2.01. The van der Waals surface area contributed by atoms with Crippen LogP contribution in [0.25, 0.3) is 11.0 Å². The maximum Gasteiger partial charge on any atom is 0.213 e. The Morgan fingerprint density at radius 3 is 3.05 bits per heavy atom. The Labute approximate surface area is 110 Å². The molecule has 19 heavy (non-hydrogen) atoms. The van der Waals surface area contributed by atoms with Crippen LogP contribution in [0.3, 0.4) is 0 Å². The number of aryl methyl sites for hydroxylation is 1. The fraction of sp³-hybridized carbons (Fsp3) is 0.231. The molecule has 0 fully saturated rings. The van der Waals surface area contributed by atoms with Gasteiger partial charge in [0.05, 0.1) is 24.5 Å². The Kier molecular flexibility index (Phi) is 2.83. The molecule has 0 saturated heterocycles. The number of nitrogens with one attached hydrogen (secondary N) is 2. The highest BCUT2D eigenvalue weighted by molar-refractivity contribution is 5.75. The van der Waals surface area contributed by atoms with E-state index < -0.39 is 0 Å². The lowest BCUT2D eigenvalue weighted by Gasteiger charge is -2.02. The molecule has 3 rings (SSSR count). The minimum atomic E-state index is 0.703. The van der Waals surface area contributed by atoms with Crippen LogP contribution in [-0.2, 0) is 13.6 Å². The molecule has 6 nitrogen and oxygen atoms in total. The van der Waals surface area contributed by atoms with Crippen molar-refractivity contribution >= 4 is 16.9 Å². The third-order valence-electron chi connectivity index (χ3n) is 3.00. The fourth-order valence-corrected chi connectivity index (χ4v) is 2.01. The normalized spacial score (nSPS) is 10.8. The predicted octanol–water partition coefficient (Wildman–Crippen LogP) is 1.92. The van der Waals surface area contributed by atoms with Crippen LogP contribution in [0.2, 0.25) is 0 Å². The number of methoxy groups -OCH3 is 1. The number of anilines is 1. The van der Waals surface area contributed by atoms with Crippen LogP contribution in [0.4, 0.5) is 5.82 Å². The Hall–Kier alpha value is -2.50. The first-order valence-electron chi connectivity index (χ1n) is 6.00. The molecular formula is C13H15N5O. The van der Waals surface area contributed by atoms with E-state index in [1.54, 1.807) is 18.1 Å². The summed E-state index contributed by atoms with van der Waals surface area (Å²) in [5.74, 6) is 1.52. The van der Waals surface area contributed by atoms with Gasteiger partial charge in [-0.05, 0) is 17.7 Å². The van der Waals surface area contributed by atoms with Gasteiger partial charge in [-0.2, -0.15) is 5.10 Å². The van der Waals surface area contributed by atoms with E-state index in [2.05, 4.69) is 32.5 Å². The molecule has 2 N–H and O–H groups in total. The topological polar surface area (TPSA) is 67.8 Å². The van der Waals surface area contributed by atoms with Crippen molar-refractivity contribution in [1.29, 1.82) is 0 Å². The van der Waals surface area contributed by atoms with Gasteiger partial charge in [-0.3, -0.25) is 0 Å². The average Bonchev–Trinajstić information content (AvgIpc) is 3.01. The third-order valence-corrected chi connectivity index (χ3v) is 3.00. The van der Waals surface area contributed by atoms with Crippen molar-refractivity contribution in [3.8, 4) is 5.88 Å². The molecule has 0 atom stereocenters. The van der Waals surface area contributed by atoms with Crippen molar-refractivity contribution in [2.45, 2.75) is 6.54 Å². The molecule has 98 valence electrons. The zero-order chi connectivity index (χ0) is 13.2. The number of hydrogen-bond acceptors (Lipinski definition) is 4. The van der Waals surface area contributed by atoms with Crippen LogP contribution in [0.15, 0.2) is 30.6 Å². The van der Waals surface area contributed by atoms with E-state index >= 15 is 0 Å². The number of aromatic amines is 1. The van der Waals surface area contributed by atoms with E-state index in [0.717, 1.165) is 22.7 Å². The maximum absolute atomic E-state index is 5.17. The summed E-state index contributed by atoms with van der Waals surface area (Å²) in [7, 11) is 3.48. The van der Waals surface area contributed by atoms with Crippen molar-refractivity contribution < 1.29 is 4.74 Å². The molecule has 2 aromatic heterocycles. The molecule has 1 aromatic carbocycles. The quantitative estimate of drug-likeness (QED) is 0.749. The van der Waals surface area contributed by atoms with Gasteiger partial charge in [-0.1, -0.05) is 6.07 Å². The van der Waals surface area contributed by atoms with Gasteiger partial charge in [0.1, 0.15) is 0 Å².